The molecule has 0 aliphatic heterocycles. The maximum Gasteiger partial charge on any atom is 0.000510 e. The zero-order valence-corrected chi connectivity index (χ0v) is 13.3. The van der Waals surface area contributed by atoms with Crippen LogP contribution in [0.25, 0.3) is 0 Å². The standard InChI is InChI=1S/C15H31NS/c1-14(2,3)13-6-8-15(9-7-13,12-16-4)10-11-17-5/h13,16H,6-12H2,1-5H3. The first-order valence-corrected chi connectivity index (χ1v) is 8.46. The normalized spacial score (nSPS) is 30.5. The summed E-state index contributed by atoms with van der Waals surface area (Å²) < 4.78 is 0. The molecule has 2 heteroatoms. The van der Waals surface area contributed by atoms with Gasteiger partial charge in [0.1, 0.15) is 0 Å². The van der Waals surface area contributed by atoms with E-state index in [1.165, 1.54) is 44.4 Å². The molecule has 1 aliphatic carbocycles. The molecule has 0 aromatic carbocycles. The summed E-state index contributed by atoms with van der Waals surface area (Å²) in [6.07, 6.45) is 9.34. The van der Waals surface area contributed by atoms with Crippen molar-refractivity contribution < 1.29 is 0 Å². The van der Waals surface area contributed by atoms with Gasteiger partial charge in [0.05, 0.1) is 0 Å². The van der Waals surface area contributed by atoms with Crippen molar-refractivity contribution in [3.05, 3.63) is 0 Å². The molecule has 0 spiro atoms. The molecule has 0 aromatic heterocycles. The number of nitrogens with one attached hydrogen (secondary N) is 1. The van der Waals surface area contributed by atoms with Crippen molar-refractivity contribution in [1.82, 2.24) is 5.32 Å². The molecule has 1 fully saturated rings. The summed E-state index contributed by atoms with van der Waals surface area (Å²) in [5.41, 5.74) is 1.10. The van der Waals surface area contributed by atoms with Gasteiger partial charge in [-0.15, -0.1) is 0 Å². The molecule has 1 rings (SSSR count). The van der Waals surface area contributed by atoms with Crippen LogP contribution in [0.4, 0.5) is 0 Å². The van der Waals surface area contributed by atoms with Gasteiger partial charge in [0, 0.05) is 6.54 Å². The van der Waals surface area contributed by atoms with Crippen LogP contribution >= 0.6 is 11.8 Å². The Morgan fingerprint density at radius 2 is 1.82 bits per heavy atom. The highest BCUT2D eigenvalue weighted by molar-refractivity contribution is 7.98. The van der Waals surface area contributed by atoms with Crippen LogP contribution in [0.1, 0.15) is 52.9 Å². The SMILES string of the molecule is CNCC1(CCSC)CCC(C(C)(C)C)CC1. The zero-order valence-electron chi connectivity index (χ0n) is 12.4. The van der Waals surface area contributed by atoms with Gasteiger partial charge in [-0.2, -0.15) is 11.8 Å². The average Bonchev–Trinajstić information content (AvgIpc) is 2.26. The van der Waals surface area contributed by atoms with Crippen LogP contribution in [0.2, 0.25) is 0 Å². The lowest BCUT2D eigenvalue weighted by Gasteiger charge is -2.44. The van der Waals surface area contributed by atoms with Crippen LogP contribution in [0, 0.1) is 16.7 Å². The van der Waals surface area contributed by atoms with E-state index in [0.29, 0.717) is 10.8 Å². The molecule has 1 aliphatic rings. The second-order valence-electron chi connectivity index (χ2n) is 6.91. The number of rotatable bonds is 5. The van der Waals surface area contributed by atoms with Crippen molar-refractivity contribution in [1.29, 1.82) is 0 Å². The molecule has 0 heterocycles. The zero-order chi connectivity index (χ0) is 12.9. The molecule has 0 unspecified atom stereocenters. The van der Waals surface area contributed by atoms with Crippen LogP contribution in [0.15, 0.2) is 0 Å². The lowest BCUT2D eigenvalue weighted by atomic mass is 9.63. The van der Waals surface area contributed by atoms with Gasteiger partial charge >= 0.3 is 0 Å². The first kappa shape index (κ1) is 15.4. The summed E-state index contributed by atoms with van der Waals surface area (Å²) >= 11 is 2.00. The molecule has 0 amide bonds. The summed E-state index contributed by atoms with van der Waals surface area (Å²) in [7, 11) is 2.11. The van der Waals surface area contributed by atoms with E-state index in [1.807, 2.05) is 11.8 Å². The molecule has 0 bridgehead atoms. The third kappa shape index (κ3) is 4.48. The van der Waals surface area contributed by atoms with Gasteiger partial charge < -0.3 is 5.32 Å². The molecular weight excluding hydrogens is 226 g/mol. The van der Waals surface area contributed by atoms with Crippen molar-refractivity contribution in [2.75, 3.05) is 25.6 Å². The average molecular weight is 257 g/mol. The molecule has 1 N–H and O–H groups in total. The summed E-state index contributed by atoms with van der Waals surface area (Å²) in [6.45, 7) is 8.43. The summed E-state index contributed by atoms with van der Waals surface area (Å²) in [6, 6.07) is 0. The number of hydrogen-bond acceptors (Lipinski definition) is 2. The Kier molecular flexibility index (Phi) is 5.85. The number of hydrogen-bond donors (Lipinski definition) is 1. The molecule has 0 atom stereocenters. The van der Waals surface area contributed by atoms with E-state index in [1.54, 1.807) is 0 Å². The Bertz CT molecular complexity index is 211. The molecule has 0 radical (unpaired) electrons. The minimum Gasteiger partial charge on any atom is -0.319 e. The van der Waals surface area contributed by atoms with Gasteiger partial charge in [0.2, 0.25) is 0 Å². The van der Waals surface area contributed by atoms with Gasteiger partial charge in [0.25, 0.3) is 0 Å². The largest absolute Gasteiger partial charge is 0.319 e. The number of thioether (sulfide) groups is 1. The fourth-order valence-corrected chi connectivity index (χ4v) is 3.94. The monoisotopic (exact) mass is 257 g/mol. The lowest BCUT2D eigenvalue weighted by molar-refractivity contribution is 0.0856. The molecule has 1 nitrogen and oxygen atoms in total. The Morgan fingerprint density at radius 3 is 2.24 bits per heavy atom. The molecule has 0 aromatic rings. The second-order valence-corrected chi connectivity index (χ2v) is 7.90. The Morgan fingerprint density at radius 1 is 1.24 bits per heavy atom. The predicted octanol–water partition coefficient (Wildman–Crippen LogP) is 4.18. The third-order valence-corrected chi connectivity index (χ3v) is 5.27. The smallest absolute Gasteiger partial charge is 0.000510 e. The Balaban J connectivity index is 2.54. The van der Waals surface area contributed by atoms with E-state index in [4.69, 9.17) is 0 Å². The van der Waals surface area contributed by atoms with E-state index in [0.717, 1.165) is 5.92 Å². The molecular formula is C15H31NS. The molecule has 0 saturated heterocycles. The molecule has 1 saturated carbocycles. The Labute approximate surface area is 113 Å². The topological polar surface area (TPSA) is 12.0 Å². The van der Waals surface area contributed by atoms with Gasteiger partial charge in [-0.1, -0.05) is 20.8 Å². The molecule has 17 heavy (non-hydrogen) atoms. The van der Waals surface area contributed by atoms with Crippen LogP contribution in [-0.2, 0) is 0 Å². The quantitative estimate of drug-likeness (QED) is 0.793. The highest BCUT2D eigenvalue weighted by Crippen LogP contribution is 2.47. The van der Waals surface area contributed by atoms with Gasteiger partial charge in [0.15, 0.2) is 0 Å². The van der Waals surface area contributed by atoms with E-state index in [9.17, 15) is 0 Å². The van der Waals surface area contributed by atoms with Gasteiger partial charge in [-0.3, -0.25) is 0 Å². The highest BCUT2D eigenvalue weighted by atomic mass is 32.2. The third-order valence-electron chi connectivity index (χ3n) is 4.66. The van der Waals surface area contributed by atoms with E-state index in [2.05, 4.69) is 39.4 Å². The first-order valence-electron chi connectivity index (χ1n) is 7.07. The summed E-state index contributed by atoms with van der Waals surface area (Å²) in [5, 5.41) is 3.43. The van der Waals surface area contributed by atoms with E-state index >= 15 is 0 Å². The van der Waals surface area contributed by atoms with Crippen molar-refractivity contribution in [2.45, 2.75) is 52.9 Å². The van der Waals surface area contributed by atoms with Crippen molar-refractivity contribution in [3.8, 4) is 0 Å². The Hall–Kier alpha value is 0.310. The molecule has 102 valence electrons. The van der Waals surface area contributed by atoms with Crippen LogP contribution in [-0.4, -0.2) is 25.6 Å². The maximum atomic E-state index is 3.43. The van der Waals surface area contributed by atoms with E-state index < -0.39 is 0 Å². The summed E-state index contributed by atoms with van der Waals surface area (Å²) in [5.74, 6) is 2.25. The van der Waals surface area contributed by atoms with Gasteiger partial charge in [-0.25, -0.2) is 0 Å². The van der Waals surface area contributed by atoms with Crippen LogP contribution in [0.5, 0.6) is 0 Å². The fraction of sp³-hybridized carbons (Fsp3) is 1.00. The van der Waals surface area contributed by atoms with Crippen molar-refractivity contribution in [3.63, 3.8) is 0 Å². The predicted molar refractivity (Wildman–Crippen MR) is 80.8 cm³/mol. The van der Waals surface area contributed by atoms with Gasteiger partial charge in [-0.05, 0) is 67.9 Å². The minimum atomic E-state index is 0.505. The fourth-order valence-electron chi connectivity index (χ4n) is 3.30. The second kappa shape index (κ2) is 6.47. The van der Waals surface area contributed by atoms with Crippen molar-refractivity contribution in [2.24, 2.45) is 16.7 Å². The van der Waals surface area contributed by atoms with Crippen LogP contribution < -0.4 is 5.32 Å². The van der Waals surface area contributed by atoms with E-state index in [-0.39, 0.29) is 0 Å². The maximum absolute atomic E-state index is 3.43. The summed E-state index contributed by atoms with van der Waals surface area (Å²) in [4.78, 5) is 0. The first-order chi connectivity index (χ1) is 7.93. The lowest BCUT2D eigenvalue weighted by Crippen LogP contribution is -2.39. The highest BCUT2D eigenvalue weighted by Gasteiger charge is 2.37. The van der Waals surface area contributed by atoms with Crippen molar-refractivity contribution >= 4 is 11.8 Å². The minimum absolute atomic E-state index is 0.505. The van der Waals surface area contributed by atoms with Crippen LogP contribution in [0.3, 0.4) is 0 Å².